The Morgan fingerprint density at radius 3 is 2.33 bits per heavy atom. The van der Waals surface area contributed by atoms with E-state index >= 15 is 0 Å². The molecule has 16 heteroatoms. The predicted octanol–water partition coefficient (Wildman–Crippen LogP) is 5.86. The number of allylic oxidation sites excluding steroid dienone is 6. The van der Waals surface area contributed by atoms with Crippen LogP contribution in [0.3, 0.4) is 0 Å². The molecule has 1 saturated heterocycles. The standard InChI is InChI=1S/C48H72N2O13S/c1-26(2)19-38(62-48(58)49-10)45-50-35(25-64-45)44-30(6)14-12-13-29(5)43(59-11)33(9)36(53)18-16-27(3)20-34(23-51)22-32(8)37(21-28(4)15-17-31(7)46(57)63-44)60-47-42(56)41(55)40(54)39(24-52)61-47/h12-14,16-18,20-22,25-26,30,32-33,36-44,47,51-56H,15,19,23-24H2,1-11H3,(H,49,58)/b14-12-,18-16-,27-20-,28-21-,29-13-,31-17-,34-22+/t30-,32-,33-,36+,37+,38-,39+,40+,41-,42+,43+,44-,47+/m0/s1. The molecule has 0 saturated carbocycles. The second-order valence-electron chi connectivity index (χ2n) is 17.3. The average Bonchev–Trinajstić information content (AvgIpc) is 3.75. The lowest BCUT2D eigenvalue weighted by molar-refractivity contribution is -0.309. The van der Waals surface area contributed by atoms with E-state index in [2.05, 4.69) is 5.32 Å². The first-order chi connectivity index (χ1) is 30.2. The zero-order valence-electron chi connectivity index (χ0n) is 39.1. The molecule has 0 aliphatic carbocycles. The summed E-state index contributed by atoms with van der Waals surface area (Å²) in [6.45, 7) is 15.9. The quantitative estimate of drug-likeness (QED) is 0.108. The van der Waals surface area contributed by atoms with Crippen molar-refractivity contribution in [1.82, 2.24) is 10.3 Å². The number of cyclic esters (lactones) is 1. The number of esters is 1. The number of alkyl carbamates (subject to hydrolysis) is 1. The molecule has 0 aromatic carbocycles. The number of amides is 1. The molecular formula is C48H72N2O13S. The summed E-state index contributed by atoms with van der Waals surface area (Å²) in [5.74, 6) is -1.62. The van der Waals surface area contributed by atoms with Gasteiger partial charge in [-0.2, -0.15) is 0 Å². The molecule has 7 N–H and O–H groups in total. The molecule has 358 valence electrons. The van der Waals surface area contributed by atoms with Crippen molar-refractivity contribution >= 4 is 23.4 Å². The molecule has 1 aromatic rings. The number of rotatable bonds is 10. The van der Waals surface area contributed by atoms with Crippen molar-refractivity contribution in [3.8, 4) is 0 Å². The number of hydrogen-bond acceptors (Lipinski definition) is 15. The number of carbonyl (C=O) groups is 2. The Morgan fingerprint density at radius 2 is 1.70 bits per heavy atom. The van der Waals surface area contributed by atoms with Gasteiger partial charge in [-0.1, -0.05) is 100 Å². The monoisotopic (exact) mass is 916 g/mol. The lowest BCUT2D eigenvalue weighted by Gasteiger charge is -2.41. The van der Waals surface area contributed by atoms with E-state index in [4.69, 9.17) is 28.7 Å². The van der Waals surface area contributed by atoms with Crippen LogP contribution in [0.4, 0.5) is 4.79 Å². The smallest absolute Gasteiger partial charge is 0.407 e. The van der Waals surface area contributed by atoms with E-state index in [1.807, 2.05) is 79.0 Å². The van der Waals surface area contributed by atoms with Gasteiger partial charge in [0.05, 0.1) is 37.2 Å². The van der Waals surface area contributed by atoms with Crippen LogP contribution in [-0.2, 0) is 28.5 Å². The van der Waals surface area contributed by atoms with Crippen LogP contribution in [0.25, 0.3) is 0 Å². The molecule has 3 rings (SSSR count). The Labute approximate surface area is 382 Å². The van der Waals surface area contributed by atoms with E-state index in [1.165, 1.54) is 18.4 Å². The number of hydrogen-bond donors (Lipinski definition) is 7. The van der Waals surface area contributed by atoms with Crippen LogP contribution in [0.2, 0.25) is 0 Å². The van der Waals surface area contributed by atoms with Crippen LogP contribution >= 0.6 is 11.3 Å². The van der Waals surface area contributed by atoms with Crippen molar-refractivity contribution in [1.29, 1.82) is 0 Å². The number of carbonyl (C=O) groups excluding carboxylic acids is 2. The van der Waals surface area contributed by atoms with Crippen molar-refractivity contribution in [3.63, 3.8) is 0 Å². The van der Waals surface area contributed by atoms with E-state index in [9.17, 15) is 40.2 Å². The molecule has 15 nitrogen and oxygen atoms in total. The topological polar surface area (TPSA) is 227 Å². The fraction of sp³-hybridized carbons (Fsp3) is 0.604. The van der Waals surface area contributed by atoms with Crippen molar-refractivity contribution in [2.75, 3.05) is 27.4 Å². The predicted molar refractivity (Wildman–Crippen MR) is 245 cm³/mol. The van der Waals surface area contributed by atoms with E-state index in [0.29, 0.717) is 28.3 Å². The molecule has 1 amide bonds. The van der Waals surface area contributed by atoms with Crippen molar-refractivity contribution in [2.24, 2.45) is 23.7 Å². The Balaban J connectivity index is 2.15. The fourth-order valence-corrected chi connectivity index (χ4v) is 8.24. The summed E-state index contributed by atoms with van der Waals surface area (Å²) < 4.78 is 29.7. The Morgan fingerprint density at radius 1 is 1.00 bits per heavy atom. The Kier molecular flexibility index (Phi) is 22.5. The number of nitrogens with one attached hydrogen (secondary N) is 1. The lowest BCUT2D eigenvalue weighted by atomic mass is 9.91. The number of aliphatic hydroxyl groups is 6. The number of nitrogens with zero attached hydrogens (tertiary/aromatic N) is 1. The summed E-state index contributed by atoms with van der Waals surface area (Å²) in [4.78, 5) is 31.0. The molecule has 64 heavy (non-hydrogen) atoms. The van der Waals surface area contributed by atoms with Crippen molar-refractivity contribution in [3.05, 3.63) is 98.6 Å². The molecule has 0 bridgehead atoms. The van der Waals surface area contributed by atoms with Crippen LogP contribution in [0.1, 0.15) is 98.1 Å². The van der Waals surface area contributed by atoms with Gasteiger partial charge in [0.15, 0.2) is 18.5 Å². The van der Waals surface area contributed by atoms with Gasteiger partial charge in [-0.25, -0.2) is 14.6 Å². The molecule has 13 atom stereocenters. The summed E-state index contributed by atoms with van der Waals surface area (Å²) in [6, 6.07) is 0. The summed E-state index contributed by atoms with van der Waals surface area (Å²) >= 11 is 1.32. The third-order valence-electron chi connectivity index (χ3n) is 11.2. The van der Waals surface area contributed by atoms with Gasteiger partial charge in [0.25, 0.3) is 0 Å². The molecule has 0 unspecified atom stereocenters. The maximum atomic E-state index is 13.9. The van der Waals surface area contributed by atoms with E-state index in [1.54, 1.807) is 50.5 Å². The van der Waals surface area contributed by atoms with Crippen molar-refractivity contribution < 1.29 is 63.9 Å². The third kappa shape index (κ3) is 16.0. The van der Waals surface area contributed by atoms with Gasteiger partial charge in [0.2, 0.25) is 0 Å². The zero-order chi connectivity index (χ0) is 47.8. The Hall–Kier alpha value is -3.81. The largest absolute Gasteiger partial charge is 0.452 e. The lowest BCUT2D eigenvalue weighted by Crippen LogP contribution is -2.59. The highest BCUT2D eigenvalue weighted by atomic mass is 32.1. The molecular weight excluding hydrogens is 845 g/mol. The highest BCUT2D eigenvalue weighted by Crippen LogP contribution is 2.35. The number of ether oxygens (including phenoxy) is 5. The van der Waals surface area contributed by atoms with Crippen molar-refractivity contribution in [2.45, 2.75) is 136 Å². The SMILES string of the molecule is CNC(=O)O[C@@H](CC(C)C)c1nc([C@H]2OC(=O)/C(C)=C\C/C(C)=C\[C@@H](O[C@@H]3O[C@H](CO)[C@@H](O)[C@H](O)[C@H]3O)[C@@H](C)\C=C(CO)/C=C(C)\C=C/[C@@H](O)[C@H](C)[C@H](OC)/C(C)=C\C=C/[C@@H]2C)cs1. The van der Waals surface area contributed by atoms with Gasteiger partial charge in [-0.3, -0.25) is 0 Å². The summed E-state index contributed by atoms with van der Waals surface area (Å²) in [5, 5.41) is 68.1. The maximum Gasteiger partial charge on any atom is 0.407 e. The Bertz CT molecular complexity index is 1880. The number of aromatic nitrogens is 1. The van der Waals surface area contributed by atoms with Gasteiger partial charge in [-0.15, -0.1) is 11.3 Å². The molecule has 2 aliphatic heterocycles. The zero-order valence-corrected chi connectivity index (χ0v) is 39.9. The molecule has 0 spiro atoms. The molecule has 2 aliphatic rings. The highest BCUT2D eigenvalue weighted by Gasteiger charge is 2.45. The minimum absolute atomic E-state index is 0.193. The molecule has 3 heterocycles. The first-order valence-electron chi connectivity index (χ1n) is 21.8. The highest BCUT2D eigenvalue weighted by molar-refractivity contribution is 7.09. The van der Waals surface area contributed by atoms with E-state index < -0.39 is 85.8 Å². The second-order valence-corrected chi connectivity index (χ2v) is 18.2. The van der Waals surface area contributed by atoms with Gasteiger partial charge in [0, 0.05) is 42.9 Å². The minimum atomic E-state index is -1.66. The van der Waals surface area contributed by atoms with Crippen LogP contribution in [-0.4, -0.2) is 124 Å². The van der Waals surface area contributed by atoms with Crippen LogP contribution in [0, 0.1) is 23.7 Å². The number of thiazole rings is 1. The second kappa shape index (κ2) is 26.4. The minimum Gasteiger partial charge on any atom is -0.452 e. The van der Waals surface area contributed by atoms with Gasteiger partial charge in [-0.05, 0) is 57.6 Å². The number of methoxy groups -OCH3 is 1. The normalized spacial score (nSPS) is 36.5. The molecule has 0 radical (unpaired) electrons. The van der Waals surface area contributed by atoms with E-state index in [0.717, 1.165) is 16.7 Å². The summed E-state index contributed by atoms with van der Waals surface area (Å²) in [5.41, 5.74) is 3.69. The van der Waals surface area contributed by atoms with Crippen LogP contribution in [0.5, 0.6) is 0 Å². The summed E-state index contributed by atoms with van der Waals surface area (Å²) in [6.07, 6.45) is 5.24. The third-order valence-corrected chi connectivity index (χ3v) is 12.2. The average molecular weight is 917 g/mol. The van der Waals surface area contributed by atoms with Crippen LogP contribution in [0.15, 0.2) is 87.9 Å². The summed E-state index contributed by atoms with van der Waals surface area (Å²) in [7, 11) is 3.07. The maximum absolute atomic E-state index is 13.9. The van der Waals surface area contributed by atoms with Crippen LogP contribution < -0.4 is 5.32 Å². The van der Waals surface area contributed by atoms with Gasteiger partial charge < -0.3 is 59.6 Å². The molecule has 1 aromatic heterocycles. The number of aliphatic hydroxyl groups excluding tert-OH is 6. The van der Waals surface area contributed by atoms with E-state index in [-0.39, 0.29) is 30.8 Å². The molecule has 1 fully saturated rings. The van der Waals surface area contributed by atoms with Gasteiger partial charge >= 0.3 is 12.1 Å². The first-order valence-corrected chi connectivity index (χ1v) is 22.7. The first kappa shape index (κ1) is 54.5. The fourth-order valence-electron chi connectivity index (χ4n) is 7.35. The van der Waals surface area contributed by atoms with Gasteiger partial charge in [0.1, 0.15) is 29.4 Å².